The summed E-state index contributed by atoms with van der Waals surface area (Å²) in [6, 6.07) is 18.1. The SMILES string of the molecule is CO/N=C1\NCC(C)(c2ccc(-c3ccc4ccccc4c3)[nH]c2=O)N1. The first-order chi connectivity index (χ1) is 12.6. The number of nitrogens with zero attached hydrogens (tertiary/aromatic N) is 1. The van der Waals surface area contributed by atoms with Crippen molar-refractivity contribution in [3.8, 4) is 11.3 Å². The predicted molar refractivity (Wildman–Crippen MR) is 103 cm³/mol. The predicted octanol–water partition coefficient (Wildman–Crippen LogP) is 2.52. The van der Waals surface area contributed by atoms with E-state index in [1.807, 2.05) is 37.3 Å². The summed E-state index contributed by atoms with van der Waals surface area (Å²) in [6.07, 6.45) is 0. The molecule has 2 aromatic carbocycles. The number of hydrogen-bond donors (Lipinski definition) is 3. The molecule has 4 rings (SSSR count). The Morgan fingerprint density at radius 1 is 1.08 bits per heavy atom. The van der Waals surface area contributed by atoms with Crippen LogP contribution in [0.3, 0.4) is 0 Å². The zero-order valence-electron chi connectivity index (χ0n) is 14.7. The van der Waals surface area contributed by atoms with Gasteiger partial charge in [0.05, 0.1) is 5.54 Å². The summed E-state index contributed by atoms with van der Waals surface area (Å²) in [5.74, 6) is 0.521. The van der Waals surface area contributed by atoms with Crippen LogP contribution in [0.4, 0.5) is 0 Å². The van der Waals surface area contributed by atoms with Gasteiger partial charge in [0.25, 0.3) is 5.56 Å². The smallest absolute Gasteiger partial charge is 0.254 e. The van der Waals surface area contributed by atoms with Crippen LogP contribution in [0.2, 0.25) is 0 Å². The molecule has 1 atom stereocenters. The maximum Gasteiger partial charge on any atom is 0.254 e. The van der Waals surface area contributed by atoms with Crippen molar-refractivity contribution in [3.05, 3.63) is 70.5 Å². The summed E-state index contributed by atoms with van der Waals surface area (Å²) < 4.78 is 0. The summed E-state index contributed by atoms with van der Waals surface area (Å²) in [7, 11) is 1.48. The number of nitrogens with one attached hydrogen (secondary N) is 3. The number of fused-ring (bicyclic) bond motifs is 1. The first-order valence-electron chi connectivity index (χ1n) is 8.45. The maximum atomic E-state index is 12.7. The fourth-order valence-electron chi connectivity index (χ4n) is 3.35. The van der Waals surface area contributed by atoms with Gasteiger partial charge in [-0.05, 0) is 46.6 Å². The molecule has 1 aliphatic rings. The number of pyridine rings is 1. The van der Waals surface area contributed by atoms with E-state index in [0.29, 0.717) is 18.1 Å². The number of hydrogen-bond acceptors (Lipinski definition) is 3. The Kier molecular flexibility index (Phi) is 3.88. The first kappa shape index (κ1) is 16.2. The van der Waals surface area contributed by atoms with Crippen molar-refractivity contribution in [2.75, 3.05) is 13.7 Å². The molecule has 26 heavy (non-hydrogen) atoms. The topological polar surface area (TPSA) is 78.5 Å². The quantitative estimate of drug-likeness (QED) is 0.636. The molecular weight excluding hydrogens is 328 g/mol. The fraction of sp³-hybridized carbons (Fsp3) is 0.200. The maximum absolute atomic E-state index is 12.7. The molecule has 1 aromatic heterocycles. The van der Waals surface area contributed by atoms with Gasteiger partial charge >= 0.3 is 0 Å². The highest BCUT2D eigenvalue weighted by Gasteiger charge is 2.36. The molecule has 0 aliphatic carbocycles. The molecule has 0 amide bonds. The van der Waals surface area contributed by atoms with Crippen molar-refractivity contribution in [2.24, 2.45) is 5.16 Å². The molecule has 6 heteroatoms. The Bertz CT molecular complexity index is 1060. The zero-order chi connectivity index (χ0) is 18.1. The van der Waals surface area contributed by atoms with Crippen molar-refractivity contribution in [3.63, 3.8) is 0 Å². The van der Waals surface area contributed by atoms with Crippen LogP contribution in [-0.4, -0.2) is 24.6 Å². The molecule has 3 N–H and O–H groups in total. The van der Waals surface area contributed by atoms with Crippen LogP contribution in [0.25, 0.3) is 22.0 Å². The molecule has 2 heterocycles. The van der Waals surface area contributed by atoms with Gasteiger partial charge in [0.2, 0.25) is 5.96 Å². The van der Waals surface area contributed by atoms with Gasteiger partial charge in [-0.15, -0.1) is 0 Å². The van der Waals surface area contributed by atoms with E-state index in [9.17, 15) is 4.79 Å². The Balaban J connectivity index is 1.70. The highest BCUT2D eigenvalue weighted by Crippen LogP contribution is 2.25. The highest BCUT2D eigenvalue weighted by atomic mass is 16.6. The van der Waals surface area contributed by atoms with Gasteiger partial charge in [-0.2, -0.15) is 0 Å². The van der Waals surface area contributed by atoms with Crippen molar-refractivity contribution in [2.45, 2.75) is 12.5 Å². The van der Waals surface area contributed by atoms with Gasteiger partial charge in [0.1, 0.15) is 7.11 Å². The van der Waals surface area contributed by atoms with Crippen LogP contribution >= 0.6 is 0 Å². The van der Waals surface area contributed by atoms with Crippen molar-refractivity contribution >= 4 is 16.7 Å². The van der Waals surface area contributed by atoms with Crippen LogP contribution in [0.1, 0.15) is 12.5 Å². The van der Waals surface area contributed by atoms with Gasteiger partial charge < -0.3 is 20.5 Å². The molecule has 1 unspecified atom stereocenters. The van der Waals surface area contributed by atoms with Crippen LogP contribution in [0, 0.1) is 0 Å². The monoisotopic (exact) mass is 348 g/mol. The standard InChI is InChI=1S/C20H20N4O2/c1-20(12-21-19(23-20)24-26-2)16-9-10-17(22-18(16)25)15-8-7-13-5-3-4-6-14(13)11-15/h3-11H,12H2,1-2H3,(H,22,25)(H2,21,23,24). The highest BCUT2D eigenvalue weighted by molar-refractivity contribution is 5.86. The van der Waals surface area contributed by atoms with Crippen LogP contribution in [0.15, 0.2) is 64.5 Å². The third-order valence-electron chi connectivity index (χ3n) is 4.75. The number of aromatic nitrogens is 1. The van der Waals surface area contributed by atoms with Gasteiger partial charge in [-0.25, -0.2) is 0 Å². The molecule has 0 spiro atoms. The molecule has 6 nitrogen and oxygen atoms in total. The second kappa shape index (κ2) is 6.22. The molecule has 0 saturated carbocycles. The molecular formula is C20H20N4O2. The molecule has 1 fully saturated rings. The van der Waals surface area contributed by atoms with Crippen molar-refractivity contribution < 1.29 is 4.84 Å². The van der Waals surface area contributed by atoms with Crippen LogP contribution in [0.5, 0.6) is 0 Å². The van der Waals surface area contributed by atoms with E-state index in [1.165, 1.54) is 12.5 Å². The minimum absolute atomic E-state index is 0.119. The molecule has 3 aromatic rings. The number of guanidine groups is 1. The Morgan fingerprint density at radius 2 is 1.88 bits per heavy atom. The molecule has 1 saturated heterocycles. The van der Waals surface area contributed by atoms with Gasteiger partial charge in [-0.3, -0.25) is 4.79 Å². The molecule has 0 bridgehead atoms. The van der Waals surface area contributed by atoms with Gasteiger partial charge in [-0.1, -0.05) is 36.4 Å². The van der Waals surface area contributed by atoms with Crippen molar-refractivity contribution in [1.82, 2.24) is 15.6 Å². The third kappa shape index (κ3) is 2.79. The van der Waals surface area contributed by atoms with E-state index in [2.05, 4.69) is 45.0 Å². The lowest BCUT2D eigenvalue weighted by Crippen LogP contribution is -2.42. The summed E-state index contributed by atoms with van der Waals surface area (Å²) in [5.41, 5.74) is 1.76. The van der Waals surface area contributed by atoms with Gasteiger partial charge in [0.15, 0.2) is 0 Å². The third-order valence-corrected chi connectivity index (χ3v) is 4.75. The Labute approximate surface area is 150 Å². The second-order valence-electron chi connectivity index (χ2n) is 6.61. The van der Waals surface area contributed by atoms with E-state index >= 15 is 0 Å². The summed E-state index contributed by atoms with van der Waals surface area (Å²) in [6.45, 7) is 2.51. The minimum Gasteiger partial charge on any atom is -0.396 e. The lowest BCUT2D eigenvalue weighted by Gasteiger charge is -2.22. The van der Waals surface area contributed by atoms with Gasteiger partial charge in [0, 0.05) is 17.8 Å². The average Bonchev–Trinajstić information content (AvgIpc) is 3.03. The second-order valence-corrected chi connectivity index (χ2v) is 6.61. The fourth-order valence-corrected chi connectivity index (χ4v) is 3.35. The number of benzene rings is 2. The van der Waals surface area contributed by atoms with Crippen molar-refractivity contribution in [1.29, 1.82) is 0 Å². The Hall–Kier alpha value is -3.28. The zero-order valence-corrected chi connectivity index (χ0v) is 14.7. The summed E-state index contributed by atoms with van der Waals surface area (Å²) in [5, 5.41) is 12.5. The van der Waals surface area contributed by atoms with Crippen LogP contribution in [-0.2, 0) is 10.4 Å². The largest absolute Gasteiger partial charge is 0.396 e. The molecule has 1 aliphatic heterocycles. The Morgan fingerprint density at radius 3 is 2.65 bits per heavy atom. The molecule has 132 valence electrons. The minimum atomic E-state index is -0.549. The first-order valence-corrected chi connectivity index (χ1v) is 8.45. The normalized spacial score (nSPS) is 20.8. The lowest BCUT2D eigenvalue weighted by atomic mass is 9.94. The number of rotatable bonds is 3. The van der Waals surface area contributed by atoms with E-state index < -0.39 is 5.54 Å². The number of H-pyrrole nitrogens is 1. The van der Waals surface area contributed by atoms with E-state index in [1.54, 1.807) is 0 Å². The lowest BCUT2D eigenvalue weighted by molar-refractivity contribution is 0.210. The van der Waals surface area contributed by atoms with E-state index in [-0.39, 0.29) is 5.56 Å². The number of aromatic amines is 1. The summed E-state index contributed by atoms with van der Waals surface area (Å²) in [4.78, 5) is 20.5. The summed E-state index contributed by atoms with van der Waals surface area (Å²) >= 11 is 0. The number of oxime groups is 1. The van der Waals surface area contributed by atoms with Crippen LogP contribution < -0.4 is 16.2 Å². The molecule has 0 radical (unpaired) electrons. The van der Waals surface area contributed by atoms with E-state index in [4.69, 9.17) is 4.84 Å². The van der Waals surface area contributed by atoms with E-state index in [0.717, 1.165) is 16.6 Å². The average molecular weight is 348 g/mol.